The van der Waals surface area contributed by atoms with Crippen LogP contribution in [0.1, 0.15) is 37.7 Å². The number of aromatic carboxylic acids is 1. The average molecular weight is 357 g/mol. The molecule has 26 heavy (non-hydrogen) atoms. The number of amides is 1. The van der Waals surface area contributed by atoms with Crippen molar-refractivity contribution in [2.75, 3.05) is 27.2 Å². The first-order valence-electron chi connectivity index (χ1n) is 8.55. The minimum absolute atomic E-state index is 0.0442. The highest BCUT2D eigenvalue weighted by Gasteiger charge is 2.30. The van der Waals surface area contributed by atoms with E-state index in [4.69, 9.17) is 0 Å². The number of hydrogen-bond acceptors (Lipinski definition) is 5. The molecule has 1 aliphatic heterocycles. The van der Waals surface area contributed by atoms with E-state index in [1.807, 2.05) is 25.9 Å². The zero-order chi connectivity index (χ0) is 18.8. The minimum atomic E-state index is -1.06. The molecule has 138 valence electrons. The van der Waals surface area contributed by atoms with E-state index < -0.39 is 5.97 Å². The standard InChI is InChI=1S/C18H23N5O3/c1-12-10-19-6-4-13(12)17(24)22-7-5-15-14(11-22)16(18(25)26)20-23(15)9-8-21(2)3/h4,6,10H,5,7-9,11H2,1-3H3,(H,25,26). The molecule has 0 aromatic carbocycles. The van der Waals surface area contributed by atoms with Crippen molar-refractivity contribution < 1.29 is 14.7 Å². The van der Waals surface area contributed by atoms with Crippen LogP contribution in [-0.4, -0.2) is 68.7 Å². The molecule has 1 N–H and O–H groups in total. The van der Waals surface area contributed by atoms with Crippen LogP contribution in [0.25, 0.3) is 0 Å². The van der Waals surface area contributed by atoms with Crippen LogP contribution in [-0.2, 0) is 19.5 Å². The Bertz CT molecular complexity index is 843. The summed E-state index contributed by atoms with van der Waals surface area (Å²) in [5.41, 5.74) is 3.01. The van der Waals surface area contributed by atoms with Gasteiger partial charge in [-0.05, 0) is 32.6 Å². The fraction of sp³-hybridized carbons (Fsp3) is 0.444. The molecule has 8 nitrogen and oxygen atoms in total. The Balaban J connectivity index is 1.88. The summed E-state index contributed by atoms with van der Waals surface area (Å²) in [6.07, 6.45) is 3.85. The smallest absolute Gasteiger partial charge is 0.356 e. The number of rotatable bonds is 5. The number of nitrogens with zero attached hydrogens (tertiary/aromatic N) is 5. The number of carboxylic acids is 1. The van der Waals surface area contributed by atoms with E-state index in [0.29, 0.717) is 30.6 Å². The van der Waals surface area contributed by atoms with Crippen molar-refractivity contribution in [3.63, 3.8) is 0 Å². The number of carbonyl (C=O) groups excluding carboxylic acids is 1. The van der Waals surface area contributed by atoms with Gasteiger partial charge in [0.1, 0.15) is 0 Å². The van der Waals surface area contributed by atoms with Crippen LogP contribution in [0.5, 0.6) is 0 Å². The Morgan fingerprint density at radius 3 is 2.77 bits per heavy atom. The van der Waals surface area contributed by atoms with E-state index in [2.05, 4.69) is 10.1 Å². The molecule has 3 heterocycles. The largest absolute Gasteiger partial charge is 0.476 e. The van der Waals surface area contributed by atoms with Gasteiger partial charge in [0, 0.05) is 48.7 Å². The van der Waals surface area contributed by atoms with Crippen LogP contribution in [0, 0.1) is 6.92 Å². The first-order valence-corrected chi connectivity index (χ1v) is 8.55. The first kappa shape index (κ1) is 18.1. The van der Waals surface area contributed by atoms with E-state index in [0.717, 1.165) is 17.8 Å². The molecule has 0 bridgehead atoms. The second-order valence-electron chi connectivity index (χ2n) is 6.77. The van der Waals surface area contributed by atoms with E-state index in [1.165, 1.54) is 0 Å². The summed E-state index contributed by atoms with van der Waals surface area (Å²) < 4.78 is 1.78. The average Bonchev–Trinajstić information content (AvgIpc) is 2.98. The zero-order valence-corrected chi connectivity index (χ0v) is 15.3. The second kappa shape index (κ2) is 7.25. The van der Waals surface area contributed by atoms with Gasteiger partial charge in [-0.15, -0.1) is 0 Å². The van der Waals surface area contributed by atoms with Gasteiger partial charge in [-0.1, -0.05) is 0 Å². The molecule has 0 saturated heterocycles. The maximum Gasteiger partial charge on any atom is 0.356 e. The number of carboxylic acid groups (broad SMARTS) is 1. The van der Waals surface area contributed by atoms with Crippen LogP contribution in [0.4, 0.5) is 0 Å². The van der Waals surface area contributed by atoms with Gasteiger partial charge in [0.25, 0.3) is 5.91 Å². The Morgan fingerprint density at radius 2 is 2.12 bits per heavy atom. The summed E-state index contributed by atoms with van der Waals surface area (Å²) in [5.74, 6) is -1.16. The van der Waals surface area contributed by atoms with Crippen LogP contribution in [0.15, 0.2) is 18.5 Å². The van der Waals surface area contributed by atoms with Crippen LogP contribution in [0.2, 0.25) is 0 Å². The van der Waals surface area contributed by atoms with Crippen molar-refractivity contribution in [2.24, 2.45) is 0 Å². The Morgan fingerprint density at radius 1 is 1.35 bits per heavy atom. The van der Waals surface area contributed by atoms with Gasteiger partial charge in [-0.3, -0.25) is 14.5 Å². The Kier molecular flexibility index (Phi) is 5.03. The molecule has 0 saturated carbocycles. The minimum Gasteiger partial charge on any atom is -0.476 e. The summed E-state index contributed by atoms with van der Waals surface area (Å²) in [4.78, 5) is 32.2. The number of likely N-dealkylation sites (N-methyl/N-ethyl adjacent to an activating group) is 1. The quantitative estimate of drug-likeness (QED) is 0.860. The molecule has 0 radical (unpaired) electrons. The van der Waals surface area contributed by atoms with E-state index in [1.54, 1.807) is 28.0 Å². The molecule has 3 rings (SSSR count). The third-order valence-corrected chi connectivity index (χ3v) is 4.63. The fourth-order valence-electron chi connectivity index (χ4n) is 3.20. The third-order valence-electron chi connectivity index (χ3n) is 4.63. The maximum atomic E-state index is 12.9. The van der Waals surface area contributed by atoms with Gasteiger partial charge in [-0.25, -0.2) is 4.79 Å². The van der Waals surface area contributed by atoms with Crippen molar-refractivity contribution in [3.05, 3.63) is 46.5 Å². The van der Waals surface area contributed by atoms with Gasteiger partial charge in [0.15, 0.2) is 5.69 Å². The molecule has 0 fully saturated rings. The van der Waals surface area contributed by atoms with Crippen molar-refractivity contribution in [1.29, 1.82) is 0 Å². The lowest BCUT2D eigenvalue weighted by molar-refractivity contribution is 0.0674. The number of carbonyl (C=O) groups is 2. The third kappa shape index (κ3) is 3.45. The summed E-state index contributed by atoms with van der Waals surface area (Å²) >= 11 is 0. The van der Waals surface area contributed by atoms with Crippen molar-refractivity contribution >= 4 is 11.9 Å². The van der Waals surface area contributed by atoms with Crippen molar-refractivity contribution in [2.45, 2.75) is 26.4 Å². The molecule has 2 aromatic heterocycles. The second-order valence-corrected chi connectivity index (χ2v) is 6.77. The van der Waals surface area contributed by atoms with Gasteiger partial charge in [-0.2, -0.15) is 5.10 Å². The van der Waals surface area contributed by atoms with Crippen LogP contribution < -0.4 is 0 Å². The lowest BCUT2D eigenvalue weighted by Gasteiger charge is -2.28. The predicted molar refractivity (Wildman–Crippen MR) is 95.2 cm³/mol. The summed E-state index contributed by atoms with van der Waals surface area (Å²) in [5, 5.41) is 13.8. The van der Waals surface area contributed by atoms with E-state index in [9.17, 15) is 14.7 Å². The normalized spacial score (nSPS) is 13.8. The van der Waals surface area contributed by atoms with Crippen LogP contribution in [0.3, 0.4) is 0 Å². The molecular formula is C18H23N5O3. The van der Waals surface area contributed by atoms with Crippen molar-refractivity contribution in [1.82, 2.24) is 24.6 Å². The Labute approximate surface area is 152 Å². The topological polar surface area (TPSA) is 91.6 Å². The SMILES string of the molecule is Cc1cnccc1C(=O)N1CCc2c(c(C(=O)O)nn2CCN(C)C)C1. The molecular weight excluding hydrogens is 334 g/mol. The van der Waals surface area contributed by atoms with E-state index >= 15 is 0 Å². The molecule has 0 unspecified atom stereocenters. The number of aryl methyl sites for hydroxylation is 1. The van der Waals surface area contributed by atoms with Crippen molar-refractivity contribution in [3.8, 4) is 0 Å². The predicted octanol–water partition coefficient (Wildman–Crippen LogP) is 1.04. The van der Waals surface area contributed by atoms with Gasteiger partial charge in [0.05, 0.1) is 13.1 Å². The van der Waals surface area contributed by atoms with Gasteiger partial charge in [0.2, 0.25) is 0 Å². The number of hydrogen-bond donors (Lipinski definition) is 1. The number of fused-ring (bicyclic) bond motifs is 1. The summed E-state index contributed by atoms with van der Waals surface area (Å²) in [6.45, 7) is 4.05. The number of aromatic nitrogens is 3. The maximum absolute atomic E-state index is 12.9. The monoisotopic (exact) mass is 357 g/mol. The lowest BCUT2D eigenvalue weighted by atomic mass is 10.0. The number of pyridine rings is 1. The fourth-order valence-corrected chi connectivity index (χ4v) is 3.20. The lowest BCUT2D eigenvalue weighted by Crippen LogP contribution is -2.37. The molecule has 0 spiro atoms. The first-order chi connectivity index (χ1) is 12.4. The highest BCUT2D eigenvalue weighted by molar-refractivity contribution is 5.96. The van der Waals surface area contributed by atoms with Gasteiger partial charge >= 0.3 is 5.97 Å². The molecule has 1 aliphatic rings. The van der Waals surface area contributed by atoms with E-state index in [-0.39, 0.29) is 18.1 Å². The highest BCUT2D eigenvalue weighted by atomic mass is 16.4. The molecule has 8 heteroatoms. The summed E-state index contributed by atoms with van der Waals surface area (Å²) in [6, 6.07) is 1.70. The van der Waals surface area contributed by atoms with Gasteiger partial charge < -0.3 is 14.9 Å². The summed E-state index contributed by atoms with van der Waals surface area (Å²) in [7, 11) is 3.93. The molecule has 0 aliphatic carbocycles. The Hall–Kier alpha value is -2.74. The highest BCUT2D eigenvalue weighted by Crippen LogP contribution is 2.24. The molecule has 1 amide bonds. The molecule has 0 atom stereocenters. The molecule has 2 aromatic rings. The van der Waals surface area contributed by atoms with Crippen LogP contribution >= 0.6 is 0 Å². The zero-order valence-electron chi connectivity index (χ0n) is 15.3.